The highest BCUT2D eigenvalue weighted by Gasteiger charge is 2.35. The second-order valence-corrected chi connectivity index (χ2v) is 10.4. The van der Waals surface area contributed by atoms with Gasteiger partial charge in [0.25, 0.3) is 10.0 Å². The maximum Gasteiger partial charge on any atom is 0.417 e. The lowest BCUT2D eigenvalue weighted by Gasteiger charge is -2.16. The molecular formula is C16H15ClF3NO4S2. The van der Waals surface area contributed by atoms with Gasteiger partial charge in [0.05, 0.1) is 31.3 Å². The van der Waals surface area contributed by atoms with E-state index in [0.717, 1.165) is 12.1 Å². The van der Waals surface area contributed by atoms with Crippen LogP contribution in [0.2, 0.25) is 5.02 Å². The molecular weight excluding hydrogens is 427 g/mol. The van der Waals surface area contributed by atoms with E-state index in [1.165, 1.54) is 38.1 Å². The first-order chi connectivity index (χ1) is 12.3. The van der Waals surface area contributed by atoms with Gasteiger partial charge in [-0.1, -0.05) is 23.7 Å². The number of hydrogen-bond acceptors (Lipinski definition) is 4. The summed E-state index contributed by atoms with van der Waals surface area (Å²) in [6.45, 7) is 2.85. The fourth-order valence-corrected chi connectivity index (χ4v) is 4.74. The van der Waals surface area contributed by atoms with Crippen LogP contribution in [0.15, 0.2) is 52.3 Å². The van der Waals surface area contributed by atoms with Crippen LogP contribution in [0.4, 0.5) is 18.9 Å². The molecule has 1 N–H and O–H groups in total. The predicted molar refractivity (Wildman–Crippen MR) is 96.0 cm³/mol. The molecule has 0 aliphatic heterocycles. The zero-order valence-electron chi connectivity index (χ0n) is 14.1. The van der Waals surface area contributed by atoms with E-state index in [4.69, 9.17) is 11.6 Å². The minimum absolute atomic E-state index is 0.255. The summed E-state index contributed by atoms with van der Waals surface area (Å²) in [5.74, 6) is 0. The smallest absolute Gasteiger partial charge is 0.278 e. The highest BCUT2D eigenvalue weighted by atomic mass is 35.5. The van der Waals surface area contributed by atoms with E-state index in [1.807, 2.05) is 4.72 Å². The molecule has 5 nitrogen and oxygen atoms in total. The summed E-state index contributed by atoms with van der Waals surface area (Å²) in [7, 11) is -8.32. The third-order valence-electron chi connectivity index (χ3n) is 3.61. The lowest BCUT2D eigenvalue weighted by Crippen LogP contribution is -2.19. The zero-order valence-corrected chi connectivity index (χ0v) is 16.5. The maximum absolute atomic E-state index is 13.0. The number of alkyl halides is 3. The number of hydrogen-bond donors (Lipinski definition) is 1. The number of halogens is 4. The van der Waals surface area contributed by atoms with Crippen LogP contribution in [-0.4, -0.2) is 22.1 Å². The molecule has 0 atom stereocenters. The van der Waals surface area contributed by atoms with Crippen molar-refractivity contribution in [3.05, 3.63) is 53.1 Å². The van der Waals surface area contributed by atoms with E-state index in [9.17, 15) is 30.0 Å². The molecule has 2 rings (SSSR count). The van der Waals surface area contributed by atoms with Crippen molar-refractivity contribution in [3.63, 3.8) is 0 Å². The van der Waals surface area contributed by atoms with Crippen molar-refractivity contribution >= 4 is 37.1 Å². The molecule has 0 aliphatic rings. The Labute approximate surface area is 160 Å². The van der Waals surface area contributed by atoms with Crippen molar-refractivity contribution in [2.24, 2.45) is 0 Å². The molecule has 0 bridgehead atoms. The fourth-order valence-electron chi connectivity index (χ4n) is 2.15. The molecule has 27 heavy (non-hydrogen) atoms. The third kappa shape index (κ3) is 4.56. The van der Waals surface area contributed by atoms with E-state index in [-0.39, 0.29) is 10.6 Å². The lowest BCUT2D eigenvalue weighted by atomic mass is 10.2. The predicted octanol–water partition coefficient (Wildman–Crippen LogP) is 4.34. The van der Waals surface area contributed by atoms with Crippen molar-refractivity contribution in [2.75, 3.05) is 4.72 Å². The summed E-state index contributed by atoms with van der Waals surface area (Å²) in [6.07, 6.45) is -4.85. The first-order valence-corrected chi connectivity index (χ1v) is 10.9. The molecule has 0 spiro atoms. The Bertz CT molecular complexity index is 1070. The molecule has 0 unspecified atom stereocenters. The van der Waals surface area contributed by atoms with Gasteiger partial charge >= 0.3 is 6.18 Å². The van der Waals surface area contributed by atoms with E-state index >= 15 is 0 Å². The summed E-state index contributed by atoms with van der Waals surface area (Å²) in [5, 5.41) is -1.47. The van der Waals surface area contributed by atoms with Gasteiger partial charge in [0, 0.05) is 0 Å². The summed E-state index contributed by atoms with van der Waals surface area (Å²) >= 11 is 5.50. The molecule has 0 aliphatic carbocycles. The van der Waals surface area contributed by atoms with E-state index < -0.39 is 46.8 Å². The average molecular weight is 442 g/mol. The molecule has 148 valence electrons. The van der Waals surface area contributed by atoms with Crippen molar-refractivity contribution in [1.82, 2.24) is 0 Å². The Morgan fingerprint density at radius 3 is 2.15 bits per heavy atom. The number of anilines is 1. The van der Waals surface area contributed by atoms with E-state index in [2.05, 4.69) is 0 Å². The number of sulfonamides is 1. The van der Waals surface area contributed by atoms with Crippen LogP contribution in [0, 0.1) is 0 Å². The number of sulfone groups is 1. The number of rotatable bonds is 5. The van der Waals surface area contributed by atoms with E-state index in [1.54, 1.807) is 0 Å². The van der Waals surface area contributed by atoms with Gasteiger partial charge in [0.2, 0.25) is 0 Å². The minimum atomic E-state index is -4.85. The number of para-hydroxylation sites is 1. The molecule has 2 aromatic carbocycles. The summed E-state index contributed by atoms with van der Waals surface area (Å²) in [6, 6.07) is 7.36. The topological polar surface area (TPSA) is 80.3 Å². The van der Waals surface area contributed by atoms with Crippen LogP contribution in [0.5, 0.6) is 0 Å². The van der Waals surface area contributed by atoms with Gasteiger partial charge < -0.3 is 0 Å². The monoisotopic (exact) mass is 441 g/mol. The van der Waals surface area contributed by atoms with E-state index in [0.29, 0.717) is 6.07 Å². The Balaban J connectivity index is 2.54. The quantitative estimate of drug-likeness (QED) is 0.748. The van der Waals surface area contributed by atoms with Crippen molar-refractivity contribution < 1.29 is 30.0 Å². The SMILES string of the molecule is CC(C)S(=O)(=O)c1ccccc1NS(=O)(=O)c1ccc(Cl)c(C(F)(F)F)c1. The van der Waals surface area contributed by atoms with Gasteiger partial charge in [-0.25, -0.2) is 16.8 Å². The second-order valence-electron chi connectivity index (χ2n) is 5.83. The van der Waals surface area contributed by atoms with Gasteiger partial charge in [-0.05, 0) is 44.2 Å². The standard InChI is InChI=1S/C16H15ClF3NO4S2/c1-10(2)26(22,23)15-6-4-3-5-14(15)21-27(24,25)11-7-8-13(17)12(9-11)16(18,19)20/h3-10,21H,1-2H3. The molecule has 0 heterocycles. The molecule has 0 fully saturated rings. The van der Waals surface area contributed by atoms with Crippen molar-refractivity contribution in [2.45, 2.75) is 35.1 Å². The Hall–Kier alpha value is -1.78. The van der Waals surface area contributed by atoms with Gasteiger partial charge in [-0.3, -0.25) is 4.72 Å². The maximum atomic E-state index is 13.0. The van der Waals surface area contributed by atoms with Crippen LogP contribution in [0.1, 0.15) is 19.4 Å². The molecule has 11 heteroatoms. The van der Waals surface area contributed by atoms with Gasteiger partial charge in [-0.2, -0.15) is 13.2 Å². The Morgan fingerprint density at radius 1 is 1.00 bits per heavy atom. The molecule has 0 saturated heterocycles. The largest absolute Gasteiger partial charge is 0.417 e. The summed E-state index contributed by atoms with van der Waals surface area (Å²) < 4.78 is 90.8. The van der Waals surface area contributed by atoms with Crippen LogP contribution in [0.25, 0.3) is 0 Å². The number of nitrogens with one attached hydrogen (secondary N) is 1. The molecule has 0 amide bonds. The van der Waals surface area contributed by atoms with Gasteiger partial charge in [0.15, 0.2) is 9.84 Å². The lowest BCUT2D eigenvalue weighted by molar-refractivity contribution is -0.137. The van der Waals surface area contributed by atoms with Gasteiger partial charge in [-0.15, -0.1) is 0 Å². The second kappa shape index (κ2) is 7.33. The first-order valence-electron chi connectivity index (χ1n) is 7.49. The van der Waals surface area contributed by atoms with Crippen molar-refractivity contribution in [3.8, 4) is 0 Å². The van der Waals surface area contributed by atoms with Crippen molar-refractivity contribution in [1.29, 1.82) is 0 Å². The molecule has 0 saturated carbocycles. The minimum Gasteiger partial charge on any atom is -0.278 e. The Kier molecular flexibility index (Phi) is 5.84. The van der Waals surface area contributed by atoms with Crippen LogP contribution in [-0.2, 0) is 26.0 Å². The van der Waals surface area contributed by atoms with Gasteiger partial charge in [0.1, 0.15) is 0 Å². The van der Waals surface area contributed by atoms with Crippen LogP contribution in [0.3, 0.4) is 0 Å². The third-order valence-corrected chi connectivity index (χ3v) is 7.52. The highest BCUT2D eigenvalue weighted by molar-refractivity contribution is 7.93. The summed E-state index contributed by atoms with van der Waals surface area (Å²) in [4.78, 5) is -0.968. The zero-order chi connectivity index (χ0) is 20.6. The highest BCUT2D eigenvalue weighted by Crippen LogP contribution is 2.36. The number of benzene rings is 2. The normalized spacial score (nSPS) is 13.0. The first kappa shape index (κ1) is 21.5. The Morgan fingerprint density at radius 2 is 1.59 bits per heavy atom. The fraction of sp³-hybridized carbons (Fsp3) is 0.250. The molecule has 0 radical (unpaired) electrons. The molecule has 0 aromatic heterocycles. The summed E-state index contributed by atoms with van der Waals surface area (Å²) in [5.41, 5.74) is -1.56. The molecule has 2 aromatic rings. The average Bonchev–Trinajstić information content (AvgIpc) is 2.53. The van der Waals surface area contributed by atoms with Crippen LogP contribution < -0.4 is 4.72 Å². The van der Waals surface area contributed by atoms with Crippen LogP contribution >= 0.6 is 11.6 Å².